The first-order chi connectivity index (χ1) is 41.3. The standard InChI is InChI=1S/C24H25N5O2.C20H18N6O.C20H17N5O2/c1-24(2,3)31-23(30)18-9-11-19(12-10-18)29-20(14-16-22-25-27-28-26-22)13-15-21(29)17-7-5-4-6-8-17;21-20(27)15-6-8-16(9-7-15)26-17(11-13-19-22-24-25-23-19)10-12-18(26)14-4-2-1-3-5-14;26-20(27)15-6-8-16(9-7-15)25-17(11-13-19-21-23-24-22-19)10-12-18(25)14-4-2-1-3-5-14/h4-13,15H,14,16H2,1-3H3,(H,25,26,27,28);1-10,12H,11,13H2,(H2,21,27)(H,22,23,24,25);1-10,12H,11,13H2,(H,26,27)(H,21,22,23,24). The first kappa shape index (κ1) is 57.0. The Labute approximate surface area is 488 Å². The topological polar surface area (TPSA) is 285 Å². The number of primary amides is 1. The molecular weight excluding hydrogens is 1070 g/mol. The van der Waals surface area contributed by atoms with Gasteiger partial charge >= 0.3 is 11.9 Å². The van der Waals surface area contributed by atoms with E-state index in [1.165, 1.54) is 0 Å². The fourth-order valence-corrected chi connectivity index (χ4v) is 9.64. The van der Waals surface area contributed by atoms with E-state index in [1.807, 2.05) is 112 Å². The lowest BCUT2D eigenvalue weighted by atomic mass is 10.1. The SMILES string of the molecule is CC(C)(C)OC(=O)c1ccc(-n2c(CCc3nn[nH]n3)ccc2-c2ccccc2)cc1.NC(=O)c1ccc(-n2c(CCc3nn[nH]n3)ccc2-c2ccccc2)cc1.O=C(O)c1ccc(-n2c(CCc3nn[nH]n3)ccc2-c2ccccc2)cc1. The lowest BCUT2D eigenvalue weighted by Gasteiger charge is -2.20. The summed E-state index contributed by atoms with van der Waals surface area (Å²) >= 11 is 0. The van der Waals surface area contributed by atoms with Gasteiger partial charge in [0.2, 0.25) is 5.91 Å². The van der Waals surface area contributed by atoms with E-state index in [0.29, 0.717) is 47.9 Å². The number of ether oxygens (including phenoxy) is 1. The number of esters is 1. The quantitative estimate of drug-likeness (QED) is 0.0500. The van der Waals surface area contributed by atoms with E-state index < -0.39 is 17.5 Å². The minimum absolute atomic E-state index is 0.264. The highest BCUT2D eigenvalue weighted by Gasteiger charge is 2.20. The molecule has 0 fully saturated rings. The molecular formula is C64H60N16O5. The van der Waals surface area contributed by atoms with Gasteiger partial charge < -0.3 is 29.3 Å². The van der Waals surface area contributed by atoms with Crippen LogP contribution in [0.5, 0.6) is 0 Å². The van der Waals surface area contributed by atoms with Crippen LogP contribution in [0.25, 0.3) is 50.8 Å². The lowest BCUT2D eigenvalue weighted by molar-refractivity contribution is 0.00691. The zero-order chi connectivity index (χ0) is 59.1. The number of carbonyl (C=O) groups excluding carboxylic acids is 2. The van der Waals surface area contributed by atoms with E-state index in [4.69, 9.17) is 15.6 Å². The summed E-state index contributed by atoms with van der Waals surface area (Å²) in [6.45, 7) is 5.59. The van der Waals surface area contributed by atoms with Crippen LogP contribution >= 0.6 is 0 Å². The zero-order valence-electron chi connectivity index (χ0n) is 46.8. The summed E-state index contributed by atoms with van der Waals surface area (Å²) in [5, 5.41) is 51.6. The second-order valence-corrected chi connectivity index (χ2v) is 20.5. The van der Waals surface area contributed by atoms with Crippen LogP contribution in [0.1, 0.15) is 86.4 Å². The number of aryl methyl sites for hydroxylation is 6. The van der Waals surface area contributed by atoms with Gasteiger partial charge in [0.25, 0.3) is 0 Å². The summed E-state index contributed by atoms with van der Waals surface area (Å²) in [4.78, 5) is 34.9. The molecule has 0 aliphatic rings. The van der Waals surface area contributed by atoms with Gasteiger partial charge in [-0.1, -0.05) is 107 Å². The maximum atomic E-state index is 12.4. The van der Waals surface area contributed by atoms with Gasteiger partial charge in [0.1, 0.15) is 5.60 Å². The monoisotopic (exact) mass is 1130 g/mol. The Morgan fingerprint density at radius 1 is 0.424 bits per heavy atom. The molecule has 0 saturated heterocycles. The van der Waals surface area contributed by atoms with E-state index in [1.54, 1.807) is 36.4 Å². The van der Waals surface area contributed by atoms with Crippen molar-refractivity contribution in [2.75, 3.05) is 0 Å². The molecule has 0 spiro atoms. The first-order valence-electron chi connectivity index (χ1n) is 27.4. The molecule has 0 saturated carbocycles. The predicted octanol–water partition coefficient (Wildman–Crippen LogP) is 10.1. The smallest absolute Gasteiger partial charge is 0.338 e. The van der Waals surface area contributed by atoms with Gasteiger partial charge in [0.15, 0.2) is 17.5 Å². The number of carbonyl (C=O) groups is 3. The van der Waals surface area contributed by atoms with Gasteiger partial charge in [-0.2, -0.15) is 15.6 Å². The number of tetrazole rings is 3. The maximum Gasteiger partial charge on any atom is 0.338 e. The van der Waals surface area contributed by atoms with Crippen molar-refractivity contribution >= 4 is 17.8 Å². The number of rotatable bonds is 18. The molecule has 21 heteroatoms. The third-order valence-corrected chi connectivity index (χ3v) is 13.6. The summed E-state index contributed by atoms with van der Waals surface area (Å²) in [6, 6.07) is 64.8. The molecule has 6 aromatic heterocycles. The molecule has 0 unspecified atom stereocenters. The van der Waals surface area contributed by atoms with E-state index >= 15 is 0 Å². The summed E-state index contributed by atoms with van der Waals surface area (Å²) in [6.07, 6.45) is 4.23. The average molecular weight is 1130 g/mol. The second-order valence-electron chi connectivity index (χ2n) is 20.5. The van der Waals surface area contributed by atoms with Crippen LogP contribution in [0.2, 0.25) is 0 Å². The van der Waals surface area contributed by atoms with Crippen molar-refractivity contribution in [1.29, 1.82) is 0 Å². The normalized spacial score (nSPS) is 11.0. The fraction of sp³-hybridized carbons (Fsp3) is 0.156. The number of nitrogens with zero attached hydrogens (tertiary/aromatic N) is 12. The van der Waals surface area contributed by atoms with Crippen LogP contribution in [0.15, 0.2) is 200 Å². The number of benzene rings is 6. The van der Waals surface area contributed by atoms with Crippen molar-refractivity contribution in [2.45, 2.75) is 64.9 Å². The molecule has 0 aliphatic heterocycles. The van der Waals surface area contributed by atoms with Gasteiger partial charge in [-0.05, 0) is 166 Å². The third-order valence-electron chi connectivity index (χ3n) is 13.6. The highest BCUT2D eigenvalue weighted by molar-refractivity contribution is 5.93. The Morgan fingerprint density at radius 2 is 0.741 bits per heavy atom. The zero-order valence-corrected chi connectivity index (χ0v) is 46.8. The van der Waals surface area contributed by atoms with Gasteiger partial charge in [0.05, 0.1) is 28.2 Å². The number of aromatic amines is 3. The average Bonchev–Trinajstić information content (AvgIpc) is 2.92. The molecule has 0 radical (unpaired) electrons. The van der Waals surface area contributed by atoms with Crippen LogP contribution in [0.4, 0.5) is 0 Å². The first-order valence-corrected chi connectivity index (χ1v) is 27.4. The van der Waals surface area contributed by atoms with Crippen molar-refractivity contribution in [3.8, 4) is 50.8 Å². The Balaban J connectivity index is 0.000000142. The van der Waals surface area contributed by atoms with Crippen molar-refractivity contribution < 1.29 is 24.2 Å². The fourth-order valence-electron chi connectivity index (χ4n) is 9.64. The molecule has 0 atom stereocenters. The highest BCUT2D eigenvalue weighted by atomic mass is 16.6. The number of aromatic nitrogens is 15. The second kappa shape index (κ2) is 26.6. The highest BCUT2D eigenvalue weighted by Crippen LogP contribution is 2.31. The minimum atomic E-state index is -0.935. The predicted molar refractivity (Wildman–Crippen MR) is 319 cm³/mol. The summed E-state index contributed by atoms with van der Waals surface area (Å²) < 4.78 is 12.0. The lowest BCUT2D eigenvalue weighted by Crippen LogP contribution is -2.23. The molecule has 6 aromatic carbocycles. The number of carboxylic acid groups (broad SMARTS) is 1. The van der Waals surface area contributed by atoms with Gasteiger partial charge in [0, 0.05) is 59.0 Å². The van der Waals surface area contributed by atoms with Crippen molar-refractivity contribution in [3.63, 3.8) is 0 Å². The maximum absolute atomic E-state index is 12.4. The summed E-state index contributed by atoms with van der Waals surface area (Å²) in [5.41, 5.74) is 18.8. The summed E-state index contributed by atoms with van der Waals surface area (Å²) in [5.74, 6) is 0.309. The van der Waals surface area contributed by atoms with Crippen LogP contribution in [-0.4, -0.2) is 104 Å². The number of aromatic carboxylic acids is 1. The number of hydrogen-bond donors (Lipinski definition) is 5. The number of amides is 1. The van der Waals surface area contributed by atoms with E-state index in [-0.39, 0.29) is 11.5 Å². The van der Waals surface area contributed by atoms with E-state index in [2.05, 4.69) is 148 Å². The van der Waals surface area contributed by atoms with Crippen molar-refractivity contribution in [2.24, 2.45) is 5.73 Å². The molecule has 6 heterocycles. The largest absolute Gasteiger partial charge is 0.478 e. The Hall–Kier alpha value is -11.2. The number of nitrogens with one attached hydrogen (secondary N) is 3. The molecule has 12 rings (SSSR count). The molecule has 0 aliphatic carbocycles. The molecule has 426 valence electrons. The minimum Gasteiger partial charge on any atom is -0.478 e. The Bertz CT molecular complexity index is 3890. The van der Waals surface area contributed by atoms with Crippen molar-refractivity contribution in [1.82, 2.24) is 75.6 Å². The third kappa shape index (κ3) is 14.5. The van der Waals surface area contributed by atoms with Gasteiger partial charge in [-0.3, -0.25) is 4.79 Å². The van der Waals surface area contributed by atoms with Crippen LogP contribution in [0.3, 0.4) is 0 Å². The number of carboxylic acids is 1. The molecule has 21 nitrogen and oxygen atoms in total. The molecule has 6 N–H and O–H groups in total. The molecule has 0 bridgehead atoms. The van der Waals surface area contributed by atoms with Gasteiger partial charge in [-0.15, -0.1) is 30.6 Å². The van der Waals surface area contributed by atoms with E-state index in [9.17, 15) is 14.4 Å². The van der Waals surface area contributed by atoms with Gasteiger partial charge in [-0.25, -0.2) is 9.59 Å². The molecule has 1 amide bonds. The Morgan fingerprint density at radius 3 is 1.02 bits per heavy atom. The number of H-pyrrole nitrogens is 3. The van der Waals surface area contributed by atoms with Crippen LogP contribution in [0, 0.1) is 0 Å². The van der Waals surface area contributed by atoms with Crippen LogP contribution in [-0.2, 0) is 43.3 Å². The Kier molecular flexibility index (Phi) is 17.8. The van der Waals surface area contributed by atoms with E-state index in [0.717, 1.165) is 87.2 Å². The number of nitrogens with two attached hydrogens (primary N) is 1. The van der Waals surface area contributed by atoms with Crippen LogP contribution < -0.4 is 5.73 Å². The summed E-state index contributed by atoms with van der Waals surface area (Å²) in [7, 11) is 0. The molecule has 12 aromatic rings. The molecule has 85 heavy (non-hydrogen) atoms. The van der Waals surface area contributed by atoms with Crippen molar-refractivity contribution in [3.05, 3.63) is 251 Å². The number of hydrogen-bond acceptors (Lipinski definition) is 13.